The van der Waals surface area contributed by atoms with E-state index in [9.17, 15) is 0 Å². The Labute approximate surface area is 96.0 Å². The van der Waals surface area contributed by atoms with Crippen LogP contribution in [0.2, 0.25) is 0 Å². The zero-order chi connectivity index (χ0) is 11.4. The largest absolute Gasteiger partial charge is 0.390 e. The molecule has 4 nitrogen and oxygen atoms in total. The highest BCUT2D eigenvalue weighted by Crippen LogP contribution is 2.38. The van der Waals surface area contributed by atoms with Crippen molar-refractivity contribution in [2.45, 2.75) is 51.2 Å². The summed E-state index contributed by atoms with van der Waals surface area (Å²) in [6, 6.07) is 0. The van der Waals surface area contributed by atoms with Crippen LogP contribution < -0.4 is 0 Å². The van der Waals surface area contributed by atoms with Gasteiger partial charge in [-0.3, -0.25) is 0 Å². The number of nitrogens with zero attached hydrogens (tertiary/aromatic N) is 1. The van der Waals surface area contributed by atoms with E-state index in [-0.39, 0.29) is 12.2 Å². The summed E-state index contributed by atoms with van der Waals surface area (Å²) in [6.07, 6.45) is 7.41. The predicted molar refractivity (Wildman–Crippen MR) is 60.9 cm³/mol. The van der Waals surface area contributed by atoms with Gasteiger partial charge in [0.25, 0.3) is 0 Å². The van der Waals surface area contributed by atoms with E-state index >= 15 is 0 Å². The fourth-order valence-corrected chi connectivity index (χ4v) is 2.52. The molecule has 90 valence electrons. The van der Waals surface area contributed by atoms with Crippen molar-refractivity contribution in [1.29, 1.82) is 0 Å². The summed E-state index contributed by atoms with van der Waals surface area (Å²) < 4.78 is 5.94. The molecule has 1 fully saturated rings. The molecule has 0 radical (unpaired) electrons. The number of hydrogen-bond donors (Lipinski definition) is 2. The average Bonchev–Trinajstić information content (AvgIpc) is 2.80. The number of aliphatic hydroxyl groups is 1. The first-order valence-corrected chi connectivity index (χ1v) is 6.10. The third-order valence-electron chi connectivity index (χ3n) is 3.31. The van der Waals surface area contributed by atoms with Gasteiger partial charge in [-0.15, -0.1) is 0 Å². The molecule has 1 aliphatic rings. The second-order valence-electron chi connectivity index (χ2n) is 4.40. The van der Waals surface area contributed by atoms with E-state index in [1.165, 1.54) is 19.3 Å². The molecule has 2 N–H and O–H groups in total. The van der Waals surface area contributed by atoms with Crippen molar-refractivity contribution < 1.29 is 9.84 Å². The molecule has 2 rings (SSSR count). The molecule has 0 unspecified atom stereocenters. The van der Waals surface area contributed by atoms with Crippen molar-refractivity contribution in [3.63, 3.8) is 0 Å². The summed E-state index contributed by atoms with van der Waals surface area (Å²) in [5, 5.41) is 9.05. The molecule has 1 aromatic heterocycles. The average molecular weight is 224 g/mol. The lowest BCUT2D eigenvalue weighted by molar-refractivity contribution is -0.0762. The molecule has 0 saturated heterocycles. The number of imidazole rings is 1. The van der Waals surface area contributed by atoms with Crippen molar-refractivity contribution >= 4 is 0 Å². The standard InChI is InChI=1S/C12H20N2O2/c1-2-16-12(6-4-3-5-7-12)11-13-8-10(9-15)14-11/h8,15H,2-7,9H2,1H3,(H,13,14). The van der Waals surface area contributed by atoms with Gasteiger partial charge < -0.3 is 14.8 Å². The molecule has 0 bridgehead atoms. The Hall–Kier alpha value is -0.870. The van der Waals surface area contributed by atoms with Crippen LogP contribution in [0.1, 0.15) is 50.5 Å². The van der Waals surface area contributed by atoms with Crippen LogP contribution in [0, 0.1) is 0 Å². The Bertz CT molecular complexity index is 324. The van der Waals surface area contributed by atoms with Crippen LogP contribution in [-0.4, -0.2) is 21.7 Å². The van der Waals surface area contributed by atoms with E-state index in [1.54, 1.807) is 6.20 Å². The van der Waals surface area contributed by atoms with E-state index in [0.29, 0.717) is 6.61 Å². The van der Waals surface area contributed by atoms with Gasteiger partial charge in [0.1, 0.15) is 11.4 Å². The van der Waals surface area contributed by atoms with Gasteiger partial charge in [-0.2, -0.15) is 0 Å². The van der Waals surface area contributed by atoms with Crippen molar-refractivity contribution in [3.05, 3.63) is 17.7 Å². The number of aromatic nitrogens is 2. The van der Waals surface area contributed by atoms with Crippen LogP contribution in [-0.2, 0) is 16.9 Å². The maximum Gasteiger partial charge on any atom is 0.138 e. The Morgan fingerprint density at radius 1 is 1.44 bits per heavy atom. The Balaban J connectivity index is 2.23. The van der Waals surface area contributed by atoms with Crippen molar-refractivity contribution in [2.24, 2.45) is 0 Å². The van der Waals surface area contributed by atoms with Crippen LogP contribution in [0.15, 0.2) is 6.20 Å². The summed E-state index contributed by atoms with van der Waals surface area (Å²) in [7, 11) is 0. The Kier molecular flexibility index (Phi) is 3.61. The topological polar surface area (TPSA) is 58.1 Å². The first-order chi connectivity index (χ1) is 7.80. The molecule has 16 heavy (non-hydrogen) atoms. The lowest BCUT2D eigenvalue weighted by Gasteiger charge is -2.35. The molecular formula is C12H20N2O2. The third kappa shape index (κ3) is 2.13. The maximum atomic E-state index is 9.05. The fourth-order valence-electron chi connectivity index (χ4n) is 2.52. The highest BCUT2D eigenvalue weighted by molar-refractivity contribution is 5.09. The zero-order valence-corrected chi connectivity index (χ0v) is 9.83. The molecule has 1 aliphatic carbocycles. The Morgan fingerprint density at radius 2 is 2.19 bits per heavy atom. The van der Waals surface area contributed by atoms with Crippen LogP contribution >= 0.6 is 0 Å². The number of hydrogen-bond acceptors (Lipinski definition) is 3. The normalized spacial score (nSPS) is 19.9. The SMILES string of the molecule is CCOC1(c2ncc(CO)[nH]2)CCCCC1. The van der Waals surface area contributed by atoms with Crippen molar-refractivity contribution in [2.75, 3.05) is 6.61 Å². The molecule has 1 aromatic rings. The lowest BCUT2D eigenvalue weighted by atomic mass is 9.84. The van der Waals surface area contributed by atoms with Gasteiger partial charge in [-0.25, -0.2) is 4.98 Å². The minimum absolute atomic E-state index is 0.00913. The van der Waals surface area contributed by atoms with E-state index in [2.05, 4.69) is 9.97 Å². The monoisotopic (exact) mass is 224 g/mol. The molecule has 1 heterocycles. The summed E-state index contributed by atoms with van der Waals surface area (Å²) in [5.41, 5.74) is 0.528. The van der Waals surface area contributed by atoms with Crippen molar-refractivity contribution in [1.82, 2.24) is 9.97 Å². The second kappa shape index (κ2) is 4.97. The molecular weight excluding hydrogens is 204 g/mol. The number of rotatable bonds is 4. The van der Waals surface area contributed by atoms with Gasteiger partial charge in [0.15, 0.2) is 0 Å². The maximum absolute atomic E-state index is 9.05. The predicted octanol–water partition coefficient (Wildman–Crippen LogP) is 2.10. The molecule has 0 aliphatic heterocycles. The summed E-state index contributed by atoms with van der Waals surface area (Å²) in [5.74, 6) is 0.887. The highest BCUT2D eigenvalue weighted by atomic mass is 16.5. The van der Waals surface area contributed by atoms with Crippen LogP contribution in [0.25, 0.3) is 0 Å². The van der Waals surface area contributed by atoms with Crippen LogP contribution in [0.3, 0.4) is 0 Å². The van der Waals surface area contributed by atoms with Crippen molar-refractivity contribution in [3.8, 4) is 0 Å². The number of aromatic amines is 1. The van der Waals surface area contributed by atoms with Gasteiger partial charge in [-0.05, 0) is 19.8 Å². The first kappa shape index (κ1) is 11.6. The second-order valence-corrected chi connectivity index (χ2v) is 4.40. The Morgan fingerprint density at radius 3 is 2.75 bits per heavy atom. The minimum Gasteiger partial charge on any atom is -0.390 e. The molecule has 0 amide bonds. The molecule has 0 atom stereocenters. The minimum atomic E-state index is -0.236. The number of H-pyrrole nitrogens is 1. The fraction of sp³-hybridized carbons (Fsp3) is 0.750. The van der Waals surface area contributed by atoms with Gasteiger partial charge in [0.2, 0.25) is 0 Å². The highest BCUT2D eigenvalue weighted by Gasteiger charge is 2.37. The summed E-state index contributed by atoms with van der Waals surface area (Å²) in [6.45, 7) is 2.73. The van der Waals surface area contributed by atoms with E-state index in [0.717, 1.165) is 24.4 Å². The van der Waals surface area contributed by atoms with Gasteiger partial charge >= 0.3 is 0 Å². The van der Waals surface area contributed by atoms with Gasteiger partial charge in [-0.1, -0.05) is 19.3 Å². The van der Waals surface area contributed by atoms with E-state index < -0.39 is 0 Å². The van der Waals surface area contributed by atoms with E-state index in [1.807, 2.05) is 6.92 Å². The van der Waals surface area contributed by atoms with Crippen LogP contribution in [0.4, 0.5) is 0 Å². The first-order valence-electron chi connectivity index (χ1n) is 6.10. The summed E-state index contributed by atoms with van der Waals surface area (Å²) >= 11 is 0. The molecule has 1 saturated carbocycles. The molecule has 0 spiro atoms. The van der Waals surface area contributed by atoms with Crippen LogP contribution in [0.5, 0.6) is 0 Å². The molecule has 4 heteroatoms. The van der Waals surface area contributed by atoms with Gasteiger partial charge in [0.05, 0.1) is 18.5 Å². The number of aliphatic hydroxyl groups excluding tert-OH is 1. The van der Waals surface area contributed by atoms with Gasteiger partial charge in [0, 0.05) is 6.61 Å². The zero-order valence-electron chi connectivity index (χ0n) is 9.83. The van der Waals surface area contributed by atoms with E-state index in [4.69, 9.17) is 9.84 Å². The quantitative estimate of drug-likeness (QED) is 0.823. The smallest absolute Gasteiger partial charge is 0.138 e. The lowest BCUT2D eigenvalue weighted by Crippen LogP contribution is -2.33. The number of nitrogens with one attached hydrogen (secondary N) is 1. The number of ether oxygens (including phenoxy) is 1. The molecule has 0 aromatic carbocycles. The third-order valence-corrected chi connectivity index (χ3v) is 3.31. The summed E-state index contributed by atoms with van der Waals surface area (Å²) in [4.78, 5) is 7.53.